The number of benzene rings is 2. The first-order chi connectivity index (χ1) is 12.4. The molecule has 26 heavy (non-hydrogen) atoms. The predicted octanol–water partition coefficient (Wildman–Crippen LogP) is 2.88. The van der Waals surface area contributed by atoms with Gasteiger partial charge in [-0.2, -0.15) is 0 Å². The van der Waals surface area contributed by atoms with Gasteiger partial charge in [-0.25, -0.2) is 13.6 Å². The highest BCUT2D eigenvalue weighted by molar-refractivity contribution is 5.94. The minimum Gasteiger partial charge on any atom is -0.482 e. The van der Waals surface area contributed by atoms with E-state index in [-0.39, 0.29) is 18.8 Å². The van der Waals surface area contributed by atoms with E-state index < -0.39 is 23.5 Å². The van der Waals surface area contributed by atoms with E-state index in [2.05, 4.69) is 15.4 Å². The van der Waals surface area contributed by atoms with Gasteiger partial charge in [-0.05, 0) is 42.8 Å². The van der Waals surface area contributed by atoms with Gasteiger partial charge < -0.3 is 20.1 Å². The van der Waals surface area contributed by atoms with E-state index >= 15 is 0 Å². The molecule has 0 saturated carbocycles. The van der Waals surface area contributed by atoms with Crippen LogP contribution >= 0.6 is 0 Å². The fraction of sp³-hybridized carbons (Fsp3) is 0.222. The van der Waals surface area contributed by atoms with Crippen molar-refractivity contribution in [1.82, 2.24) is 0 Å². The molecule has 1 amide bonds. The highest BCUT2D eigenvalue weighted by Gasteiger charge is 2.09. The molecule has 0 aromatic heterocycles. The molecule has 0 fully saturated rings. The lowest BCUT2D eigenvalue weighted by atomic mass is 10.2. The summed E-state index contributed by atoms with van der Waals surface area (Å²) in [5.41, 5.74) is 1.21. The Morgan fingerprint density at radius 1 is 1.08 bits per heavy atom. The van der Waals surface area contributed by atoms with E-state index in [9.17, 15) is 18.4 Å². The van der Waals surface area contributed by atoms with Gasteiger partial charge in [-0.15, -0.1) is 0 Å². The number of esters is 1. The number of anilines is 2. The molecule has 6 nitrogen and oxygen atoms in total. The second kappa shape index (κ2) is 8.80. The number of ether oxygens (including phenoxy) is 2. The number of methoxy groups -OCH3 is 1. The van der Waals surface area contributed by atoms with Gasteiger partial charge in [-0.3, -0.25) is 4.79 Å². The first-order valence-corrected chi connectivity index (χ1v) is 7.68. The zero-order valence-corrected chi connectivity index (χ0v) is 14.3. The molecule has 0 unspecified atom stereocenters. The molecule has 0 aliphatic heterocycles. The molecule has 0 aliphatic carbocycles. The summed E-state index contributed by atoms with van der Waals surface area (Å²) in [6.07, 6.45) is 0. The number of rotatable bonds is 7. The van der Waals surface area contributed by atoms with Gasteiger partial charge in [0.15, 0.2) is 6.61 Å². The van der Waals surface area contributed by atoms with Crippen molar-refractivity contribution in [1.29, 1.82) is 0 Å². The number of hydrogen-bond acceptors (Lipinski definition) is 5. The zero-order chi connectivity index (χ0) is 19.1. The summed E-state index contributed by atoms with van der Waals surface area (Å²) in [7, 11) is 1.27. The first-order valence-electron chi connectivity index (χ1n) is 7.68. The smallest absolute Gasteiger partial charge is 0.343 e. The van der Waals surface area contributed by atoms with E-state index in [1.165, 1.54) is 7.11 Å². The molecule has 138 valence electrons. The van der Waals surface area contributed by atoms with Crippen LogP contribution in [0.2, 0.25) is 0 Å². The average Bonchev–Trinajstić information content (AvgIpc) is 2.61. The van der Waals surface area contributed by atoms with Crippen LogP contribution in [0.5, 0.6) is 5.75 Å². The van der Waals surface area contributed by atoms with Gasteiger partial charge in [0.05, 0.1) is 19.3 Å². The Hall–Kier alpha value is -3.16. The molecule has 2 aromatic rings. The van der Waals surface area contributed by atoms with Crippen molar-refractivity contribution in [3.05, 3.63) is 53.6 Å². The molecule has 0 radical (unpaired) electrons. The van der Waals surface area contributed by atoms with Gasteiger partial charge in [0, 0.05) is 11.8 Å². The first kappa shape index (κ1) is 19.2. The fourth-order valence-corrected chi connectivity index (χ4v) is 2.09. The van der Waals surface area contributed by atoms with Crippen LogP contribution in [-0.2, 0) is 14.3 Å². The van der Waals surface area contributed by atoms with Crippen LogP contribution in [0.15, 0.2) is 36.4 Å². The summed E-state index contributed by atoms with van der Waals surface area (Å²) < 4.78 is 36.4. The summed E-state index contributed by atoms with van der Waals surface area (Å²) in [6.45, 7) is 1.45. The van der Waals surface area contributed by atoms with Crippen molar-refractivity contribution in [2.75, 3.05) is 30.9 Å². The standard InChI is InChI=1S/C18H18F2N2O4/c1-11-7-13(26-10-18(24)25-2)4-6-15(11)21-9-17(23)22-16-8-12(19)3-5-14(16)20/h3-8,21H,9-10H2,1-2H3,(H,22,23). The number of aryl methyl sites for hydroxylation is 1. The summed E-state index contributed by atoms with van der Waals surface area (Å²) in [5, 5.41) is 5.19. The molecule has 8 heteroatoms. The largest absolute Gasteiger partial charge is 0.482 e. The van der Waals surface area contributed by atoms with Gasteiger partial charge in [0.1, 0.15) is 17.4 Å². The molecule has 0 atom stereocenters. The topological polar surface area (TPSA) is 76.7 Å². The molecular weight excluding hydrogens is 346 g/mol. The number of nitrogens with one attached hydrogen (secondary N) is 2. The summed E-state index contributed by atoms with van der Waals surface area (Å²) in [4.78, 5) is 23.0. The number of halogens is 2. The van der Waals surface area contributed by atoms with Crippen LogP contribution in [0.25, 0.3) is 0 Å². The Labute approximate surface area is 149 Å². The minimum atomic E-state index is -0.719. The highest BCUT2D eigenvalue weighted by atomic mass is 19.1. The number of hydrogen-bond donors (Lipinski definition) is 2. The quantitative estimate of drug-likeness (QED) is 0.739. The molecular formula is C18H18F2N2O4. The Bertz CT molecular complexity index is 812. The third-order valence-electron chi connectivity index (χ3n) is 3.42. The molecule has 0 saturated heterocycles. The van der Waals surface area contributed by atoms with Crippen molar-refractivity contribution in [3.8, 4) is 5.75 Å². The summed E-state index contributed by atoms with van der Waals surface area (Å²) >= 11 is 0. The van der Waals surface area contributed by atoms with Gasteiger partial charge >= 0.3 is 5.97 Å². The maximum Gasteiger partial charge on any atom is 0.343 e. The summed E-state index contributed by atoms with van der Waals surface area (Å²) in [5.74, 6) is -1.91. The Kier molecular flexibility index (Phi) is 6.48. The maximum atomic E-state index is 13.5. The van der Waals surface area contributed by atoms with E-state index in [1.807, 2.05) is 0 Å². The highest BCUT2D eigenvalue weighted by Crippen LogP contribution is 2.21. The van der Waals surface area contributed by atoms with Crippen LogP contribution in [-0.4, -0.2) is 32.1 Å². The molecule has 2 rings (SSSR count). The lowest BCUT2D eigenvalue weighted by Crippen LogP contribution is -2.22. The maximum absolute atomic E-state index is 13.5. The predicted molar refractivity (Wildman–Crippen MR) is 92.2 cm³/mol. The van der Waals surface area contributed by atoms with Crippen LogP contribution in [0.4, 0.5) is 20.2 Å². The second-order valence-electron chi connectivity index (χ2n) is 5.37. The molecule has 0 spiro atoms. The van der Waals surface area contributed by atoms with Gasteiger partial charge in [0.25, 0.3) is 0 Å². The summed E-state index contributed by atoms with van der Waals surface area (Å²) in [6, 6.07) is 7.81. The number of carbonyl (C=O) groups is 2. The van der Waals surface area contributed by atoms with Crippen molar-refractivity contribution in [2.24, 2.45) is 0 Å². The normalized spacial score (nSPS) is 10.2. The Morgan fingerprint density at radius 3 is 2.54 bits per heavy atom. The lowest BCUT2D eigenvalue weighted by molar-refractivity contribution is -0.142. The Balaban J connectivity index is 1.91. The monoisotopic (exact) mass is 364 g/mol. The van der Waals surface area contributed by atoms with Gasteiger partial charge in [-0.1, -0.05) is 0 Å². The van der Waals surface area contributed by atoms with Crippen molar-refractivity contribution in [2.45, 2.75) is 6.92 Å². The fourth-order valence-electron chi connectivity index (χ4n) is 2.09. The molecule has 0 aliphatic rings. The minimum absolute atomic E-state index is 0.140. The molecule has 0 bridgehead atoms. The van der Waals surface area contributed by atoms with Crippen LogP contribution in [0.1, 0.15) is 5.56 Å². The number of amides is 1. The Morgan fingerprint density at radius 2 is 1.85 bits per heavy atom. The zero-order valence-electron chi connectivity index (χ0n) is 14.3. The molecule has 2 aromatic carbocycles. The van der Waals surface area contributed by atoms with Crippen molar-refractivity contribution in [3.63, 3.8) is 0 Å². The van der Waals surface area contributed by atoms with Gasteiger partial charge in [0.2, 0.25) is 5.91 Å². The van der Waals surface area contributed by atoms with Crippen LogP contribution < -0.4 is 15.4 Å². The van der Waals surface area contributed by atoms with E-state index in [0.717, 1.165) is 23.8 Å². The lowest BCUT2D eigenvalue weighted by Gasteiger charge is -2.12. The average molecular weight is 364 g/mol. The number of carbonyl (C=O) groups excluding carboxylic acids is 2. The van der Waals surface area contributed by atoms with Crippen molar-refractivity contribution < 1.29 is 27.8 Å². The molecule has 0 heterocycles. The molecule has 2 N–H and O–H groups in total. The van der Waals surface area contributed by atoms with Crippen LogP contribution in [0.3, 0.4) is 0 Å². The van der Waals surface area contributed by atoms with E-state index in [1.54, 1.807) is 25.1 Å². The third-order valence-corrected chi connectivity index (χ3v) is 3.42. The SMILES string of the molecule is COC(=O)COc1ccc(NCC(=O)Nc2cc(F)ccc2F)c(C)c1. The van der Waals surface area contributed by atoms with Crippen LogP contribution in [0, 0.1) is 18.6 Å². The van der Waals surface area contributed by atoms with E-state index in [4.69, 9.17) is 4.74 Å². The van der Waals surface area contributed by atoms with E-state index in [0.29, 0.717) is 11.4 Å². The second-order valence-corrected chi connectivity index (χ2v) is 5.37. The third kappa shape index (κ3) is 5.44. The van der Waals surface area contributed by atoms with Crippen molar-refractivity contribution >= 4 is 23.3 Å².